The predicted molar refractivity (Wildman–Crippen MR) is 84.5 cm³/mol. The van der Waals surface area contributed by atoms with Crippen LogP contribution in [0.5, 0.6) is 0 Å². The van der Waals surface area contributed by atoms with Gasteiger partial charge in [0.05, 0.1) is 5.69 Å². The third kappa shape index (κ3) is 3.41. The van der Waals surface area contributed by atoms with Crippen molar-refractivity contribution in [3.05, 3.63) is 47.0 Å². The third-order valence-electron chi connectivity index (χ3n) is 3.50. The molecule has 1 atom stereocenters. The molecule has 1 aromatic heterocycles. The molecule has 1 aromatic carbocycles. The Labute approximate surface area is 125 Å². The van der Waals surface area contributed by atoms with E-state index in [1.165, 1.54) is 5.56 Å². The van der Waals surface area contributed by atoms with Gasteiger partial charge in [0.1, 0.15) is 5.82 Å². The summed E-state index contributed by atoms with van der Waals surface area (Å²) in [6, 6.07) is 6.15. The number of nitrogens with two attached hydrogens (primary N) is 1. The van der Waals surface area contributed by atoms with Gasteiger partial charge >= 0.3 is 0 Å². The summed E-state index contributed by atoms with van der Waals surface area (Å²) in [5.41, 5.74) is 8.43. The van der Waals surface area contributed by atoms with Crippen molar-refractivity contribution < 1.29 is 0 Å². The number of hydrogen-bond acceptors (Lipinski definition) is 2. The van der Waals surface area contributed by atoms with Gasteiger partial charge in [-0.25, -0.2) is 4.98 Å². The fraction of sp³-hybridized carbons (Fsp3) is 0.438. The molecule has 2 aromatic rings. The summed E-state index contributed by atoms with van der Waals surface area (Å²) in [4.78, 5) is 4.44. The van der Waals surface area contributed by atoms with E-state index >= 15 is 0 Å². The van der Waals surface area contributed by atoms with Crippen molar-refractivity contribution in [2.45, 2.75) is 45.6 Å². The number of benzene rings is 1. The van der Waals surface area contributed by atoms with Crippen LogP contribution in [0, 0.1) is 0 Å². The topological polar surface area (TPSA) is 43.8 Å². The zero-order chi connectivity index (χ0) is 14.5. The van der Waals surface area contributed by atoms with E-state index in [1.807, 2.05) is 24.5 Å². The molecule has 3 nitrogen and oxygen atoms in total. The SMILES string of the molecule is CCCc1nccn1-c1ccc(Cl)cc1CC(N)CC. The Balaban J connectivity index is 2.42. The Morgan fingerprint density at radius 2 is 2.15 bits per heavy atom. The number of halogens is 1. The van der Waals surface area contributed by atoms with Crippen molar-refractivity contribution in [2.24, 2.45) is 5.73 Å². The molecule has 1 heterocycles. The highest BCUT2D eigenvalue weighted by molar-refractivity contribution is 6.30. The number of imidazole rings is 1. The normalized spacial score (nSPS) is 12.6. The van der Waals surface area contributed by atoms with E-state index in [9.17, 15) is 0 Å². The molecule has 2 N–H and O–H groups in total. The zero-order valence-electron chi connectivity index (χ0n) is 12.1. The van der Waals surface area contributed by atoms with Crippen LogP contribution in [0.15, 0.2) is 30.6 Å². The molecule has 0 aliphatic heterocycles. The average molecular weight is 292 g/mol. The summed E-state index contributed by atoms with van der Waals surface area (Å²) in [5, 5.41) is 0.754. The Hall–Kier alpha value is -1.32. The fourth-order valence-corrected chi connectivity index (χ4v) is 2.54. The lowest BCUT2D eigenvalue weighted by molar-refractivity contribution is 0.643. The first-order valence-corrected chi connectivity index (χ1v) is 7.60. The molecule has 4 heteroatoms. The van der Waals surface area contributed by atoms with E-state index < -0.39 is 0 Å². The van der Waals surface area contributed by atoms with Crippen molar-refractivity contribution in [1.29, 1.82) is 0 Å². The minimum Gasteiger partial charge on any atom is -0.327 e. The largest absolute Gasteiger partial charge is 0.327 e. The molecule has 2 rings (SSSR count). The van der Waals surface area contributed by atoms with E-state index in [1.54, 1.807) is 0 Å². The zero-order valence-corrected chi connectivity index (χ0v) is 12.9. The van der Waals surface area contributed by atoms with Gasteiger partial charge < -0.3 is 10.3 Å². The first kappa shape index (κ1) is 15.1. The Kier molecular flexibility index (Phi) is 5.21. The van der Waals surface area contributed by atoms with E-state index in [0.717, 1.165) is 42.2 Å². The first-order valence-electron chi connectivity index (χ1n) is 7.22. The molecule has 0 amide bonds. The highest BCUT2D eigenvalue weighted by Gasteiger charge is 2.12. The fourth-order valence-electron chi connectivity index (χ4n) is 2.34. The Morgan fingerprint density at radius 1 is 1.35 bits per heavy atom. The molecule has 0 saturated carbocycles. The van der Waals surface area contributed by atoms with Gasteiger partial charge in [0, 0.05) is 29.9 Å². The lowest BCUT2D eigenvalue weighted by Crippen LogP contribution is -2.22. The standard InChI is InChI=1S/C16H22ClN3/c1-3-5-16-19-8-9-20(16)15-7-6-13(17)10-12(15)11-14(18)4-2/h6-10,14H,3-5,11,18H2,1-2H3. The molecule has 0 radical (unpaired) electrons. The van der Waals surface area contributed by atoms with E-state index in [-0.39, 0.29) is 6.04 Å². The van der Waals surface area contributed by atoms with Crippen LogP contribution in [0.4, 0.5) is 0 Å². The van der Waals surface area contributed by atoms with Gasteiger partial charge in [-0.1, -0.05) is 25.4 Å². The second kappa shape index (κ2) is 6.91. The van der Waals surface area contributed by atoms with Crippen LogP contribution in [0.2, 0.25) is 5.02 Å². The Bertz CT molecular complexity index is 563. The molecule has 1 unspecified atom stereocenters. The van der Waals surface area contributed by atoms with E-state index in [2.05, 4.69) is 29.5 Å². The highest BCUT2D eigenvalue weighted by Crippen LogP contribution is 2.23. The molecule has 108 valence electrons. The molecule has 0 saturated heterocycles. The van der Waals surface area contributed by atoms with Gasteiger partial charge in [-0.2, -0.15) is 0 Å². The Morgan fingerprint density at radius 3 is 2.85 bits per heavy atom. The number of rotatable bonds is 6. The quantitative estimate of drug-likeness (QED) is 0.881. The molecule has 0 aliphatic rings. The number of hydrogen-bond donors (Lipinski definition) is 1. The van der Waals surface area contributed by atoms with Gasteiger partial charge in [0.2, 0.25) is 0 Å². The summed E-state index contributed by atoms with van der Waals surface area (Å²) in [6.07, 6.45) is 7.69. The van der Waals surface area contributed by atoms with Crippen LogP contribution in [0.3, 0.4) is 0 Å². The molecule has 0 spiro atoms. The van der Waals surface area contributed by atoms with Crippen molar-refractivity contribution in [3.8, 4) is 5.69 Å². The van der Waals surface area contributed by atoms with Crippen LogP contribution in [0.25, 0.3) is 5.69 Å². The summed E-state index contributed by atoms with van der Waals surface area (Å²) in [7, 11) is 0. The molecule has 0 aliphatic carbocycles. The molecule has 0 fully saturated rings. The van der Waals surface area contributed by atoms with Crippen molar-refractivity contribution >= 4 is 11.6 Å². The second-order valence-corrected chi connectivity index (χ2v) is 5.55. The maximum atomic E-state index is 6.14. The van der Waals surface area contributed by atoms with Gasteiger partial charge in [0.15, 0.2) is 0 Å². The first-order chi connectivity index (χ1) is 9.65. The number of aryl methyl sites for hydroxylation is 1. The lowest BCUT2D eigenvalue weighted by atomic mass is 10.0. The maximum absolute atomic E-state index is 6.14. The second-order valence-electron chi connectivity index (χ2n) is 5.11. The minimum atomic E-state index is 0.158. The van der Waals surface area contributed by atoms with Gasteiger partial charge in [-0.3, -0.25) is 0 Å². The molecular formula is C16H22ClN3. The predicted octanol–water partition coefficient (Wildman–Crippen LogP) is 3.76. The number of aromatic nitrogens is 2. The van der Waals surface area contributed by atoms with Gasteiger partial charge in [-0.15, -0.1) is 0 Å². The number of nitrogens with zero attached hydrogens (tertiary/aromatic N) is 2. The molecule has 20 heavy (non-hydrogen) atoms. The summed E-state index contributed by atoms with van der Waals surface area (Å²) >= 11 is 6.14. The summed E-state index contributed by atoms with van der Waals surface area (Å²) in [6.45, 7) is 4.27. The van der Waals surface area contributed by atoms with Crippen molar-refractivity contribution in [2.75, 3.05) is 0 Å². The minimum absolute atomic E-state index is 0.158. The average Bonchev–Trinajstić information content (AvgIpc) is 2.87. The maximum Gasteiger partial charge on any atom is 0.113 e. The van der Waals surface area contributed by atoms with Crippen molar-refractivity contribution in [3.63, 3.8) is 0 Å². The van der Waals surface area contributed by atoms with Gasteiger partial charge in [-0.05, 0) is 43.0 Å². The smallest absolute Gasteiger partial charge is 0.113 e. The molecule has 0 bridgehead atoms. The monoisotopic (exact) mass is 291 g/mol. The van der Waals surface area contributed by atoms with Crippen LogP contribution < -0.4 is 5.73 Å². The highest BCUT2D eigenvalue weighted by atomic mass is 35.5. The van der Waals surface area contributed by atoms with Crippen LogP contribution >= 0.6 is 11.6 Å². The van der Waals surface area contributed by atoms with E-state index in [0.29, 0.717) is 0 Å². The summed E-state index contributed by atoms with van der Waals surface area (Å²) in [5.74, 6) is 1.08. The summed E-state index contributed by atoms with van der Waals surface area (Å²) < 4.78 is 2.15. The van der Waals surface area contributed by atoms with Crippen LogP contribution in [0.1, 0.15) is 38.1 Å². The third-order valence-corrected chi connectivity index (χ3v) is 3.73. The molecular weight excluding hydrogens is 270 g/mol. The lowest BCUT2D eigenvalue weighted by Gasteiger charge is -2.16. The van der Waals surface area contributed by atoms with E-state index in [4.69, 9.17) is 17.3 Å². The van der Waals surface area contributed by atoms with Crippen LogP contribution in [-0.4, -0.2) is 15.6 Å². The van der Waals surface area contributed by atoms with Gasteiger partial charge in [0.25, 0.3) is 0 Å². The van der Waals surface area contributed by atoms with Crippen molar-refractivity contribution in [1.82, 2.24) is 9.55 Å². The van der Waals surface area contributed by atoms with Crippen LogP contribution in [-0.2, 0) is 12.8 Å².